The van der Waals surface area contributed by atoms with Crippen molar-refractivity contribution in [1.82, 2.24) is 0 Å². The van der Waals surface area contributed by atoms with E-state index >= 15 is 0 Å². The summed E-state index contributed by atoms with van der Waals surface area (Å²) in [6, 6.07) is 20.1. The molecule has 0 aliphatic heterocycles. The molecule has 0 saturated carbocycles. The second-order valence-electron chi connectivity index (χ2n) is 20.8. The van der Waals surface area contributed by atoms with Gasteiger partial charge in [-0.3, -0.25) is 0 Å². The van der Waals surface area contributed by atoms with Gasteiger partial charge < -0.3 is 133 Å². The lowest BCUT2D eigenvalue weighted by Gasteiger charge is -2.16. The van der Waals surface area contributed by atoms with Gasteiger partial charge in [-0.2, -0.15) is 0 Å². The van der Waals surface area contributed by atoms with Crippen molar-refractivity contribution in [2.45, 2.75) is 25.4 Å². The first-order valence-corrected chi connectivity index (χ1v) is 35.1. The lowest BCUT2D eigenvalue weighted by atomic mass is 10.2. The average molecular weight is 1470 g/mol. The Labute approximate surface area is 603 Å². The van der Waals surface area contributed by atoms with Crippen molar-refractivity contribution in [3.8, 4) is 0 Å². The average Bonchev–Trinajstić information content (AvgIpc) is 2.36. The third kappa shape index (κ3) is 78.5. The first-order chi connectivity index (χ1) is 50.7. The molecule has 0 aromatic heterocycles. The molecular formula is C68H122N6O28. The van der Waals surface area contributed by atoms with Crippen molar-refractivity contribution in [2.75, 3.05) is 343 Å². The van der Waals surface area contributed by atoms with Crippen LogP contribution in [-0.2, 0) is 136 Å². The summed E-state index contributed by atoms with van der Waals surface area (Å²) in [7, 11) is 0. The van der Waals surface area contributed by atoms with E-state index in [1.165, 1.54) is 0 Å². The number of aliphatic hydroxyl groups is 2. The lowest BCUT2D eigenvalue weighted by molar-refractivity contribution is -0.0534. The molecule has 2 N–H and O–H groups in total. The highest BCUT2D eigenvalue weighted by molar-refractivity contribution is 5.14. The minimum absolute atomic E-state index is 0.0625. The van der Waals surface area contributed by atoms with E-state index in [0.29, 0.717) is 330 Å². The van der Waals surface area contributed by atoms with Crippen molar-refractivity contribution in [3.63, 3.8) is 0 Å². The number of rotatable bonds is 84. The fourth-order valence-corrected chi connectivity index (χ4v) is 7.44. The number of ether oxygens (including phenoxy) is 26. The van der Waals surface area contributed by atoms with Gasteiger partial charge in [-0.1, -0.05) is 70.9 Å². The second-order valence-corrected chi connectivity index (χ2v) is 20.8. The van der Waals surface area contributed by atoms with Gasteiger partial charge in [0.2, 0.25) is 0 Å². The van der Waals surface area contributed by atoms with Gasteiger partial charge >= 0.3 is 0 Å². The van der Waals surface area contributed by atoms with Gasteiger partial charge in [0.25, 0.3) is 0 Å². The number of hydrogen-bond acceptors (Lipinski definition) is 30. The molecule has 102 heavy (non-hydrogen) atoms. The van der Waals surface area contributed by atoms with Crippen molar-refractivity contribution in [1.29, 1.82) is 0 Å². The van der Waals surface area contributed by atoms with Crippen LogP contribution in [0.4, 0.5) is 0 Å². The summed E-state index contributed by atoms with van der Waals surface area (Å²) in [6.45, 7) is 23.7. The Morgan fingerprint density at radius 3 is 0.647 bits per heavy atom. The smallest absolute Gasteiger partial charge is 0.0865 e. The predicted octanol–water partition coefficient (Wildman–Crippen LogP) is 4.15. The minimum atomic E-state index is -0.911. The summed E-state index contributed by atoms with van der Waals surface area (Å²) in [5, 5.41) is 23.2. The molecule has 0 fully saturated rings. The zero-order valence-electron chi connectivity index (χ0n) is 60.3. The molecule has 0 aliphatic carbocycles. The number of nitrogens with zero attached hydrogens (tertiary/aromatic N) is 6. The Balaban J connectivity index is 0.00000609. The molecule has 592 valence electrons. The molecular weight excluding hydrogens is 1350 g/mol. The molecule has 2 aromatic carbocycles. The van der Waals surface area contributed by atoms with Gasteiger partial charge in [0.05, 0.1) is 369 Å². The Morgan fingerprint density at radius 1 is 0.255 bits per heavy atom. The zero-order chi connectivity index (χ0) is 72.8. The van der Waals surface area contributed by atoms with Crippen LogP contribution in [0.1, 0.15) is 11.1 Å². The number of hydrogen-bond donors (Lipinski definition) is 2. The summed E-state index contributed by atoms with van der Waals surface area (Å²) in [6.07, 6.45) is -1.32. The Bertz CT molecular complexity index is 2030. The van der Waals surface area contributed by atoms with Crippen LogP contribution in [0.2, 0.25) is 0 Å². The molecule has 2 unspecified atom stereocenters. The van der Waals surface area contributed by atoms with E-state index in [4.69, 9.17) is 144 Å². The molecule has 0 heterocycles. The van der Waals surface area contributed by atoms with Gasteiger partial charge in [-0.15, -0.1) is 0 Å². The molecule has 0 saturated heterocycles. The Hall–Kier alpha value is -4.06. The standard InChI is InChI=1S/C65H115N3O26.C3H7N3O2/c66-68-67-59-65(94-58-57-90-50-49-86-42-41-82-34-33-78-26-25-74-18-17-70-12-15-72-20-23-76-28-31-80-36-39-84-44-47-88-52-55-92-61-64-9-5-2-6-10-64)62-93-56-53-89-48-45-85-40-37-81-32-29-77-24-21-73-16-13-69-11-14-71-19-22-75-27-30-79-35-38-83-43-46-87-51-54-91-60-63-7-3-1-4-8-63;4-6-5-1-3(8)2-7/h1-10,65H,11-62H2;3,7-8H,1-2H2. The van der Waals surface area contributed by atoms with Crippen LogP contribution in [0.3, 0.4) is 0 Å². The molecule has 0 amide bonds. The largest absolute Gasteiger partial charge is 0.394 e. The van der Waals surface area contributed by atoms with Gasteiger partial charge in [-0.05, 0) is 22.2 Å². The van der Waals surface area contributed by atoms with Crippen molar-refractivity contribution in [2.24, 2.45) is 10.2 Å². The highest BCUT2D eigenvalue weighted by Crippen LogP contribution is 2.03. The van der Waals surface area contributed by atoms with Crippen LogP contribution in [0, 0.1) is 0 Å². The van der Waals surface area contributed by atoms with Crippen LogP contribution < -0.4 is 0 Å². The first-order valence-electron chi connectivity index (χ1n) is 35.1. The van der Waals surface area contributed by atoms with Crippen LogP contribution in [-0.4, -0.2) is 366 Å². The molecule has 2 atom stereocenters. The number of azide groups is 2. The maximum atomic E-state index is 8.77. The van der Waals surface area contributed by atoms with Crippen LogP contribution in [0.25, 0.3) is 20.9 Å². The first kappa shape index (κ1) is 96.0. The number of aliphatic hydroxyl groups excluding tert-OH is 2. The van der Waals surface area contributed by atoms with E-state index in [2.05, 4.69) is 20.1 Å². The molecule has 0 radical (unpaired) electrons. The van der Waals surface area contributed by atoms with E-state index in [1.54, 1.807) is 0 Å². The summed E-state index contributed by atoms with van der Waals surface area (Å²) in [5.74, 6) is 0. The topological polar surface area (TPSA) is 378 Å². The SMILES string of the molecule is [N-]=[N+]=NCC(COCCOCCOCCOCCOCCOCCOCCOCCOCCOCCOCCOCCOCc1ccccc1)OCCOCCOCCOCCOCCOCCOCCOCCOCCOCCOCCOCCOCc1ccccc1.[N-]=[N+]=NCC(O)CO. The Morgan fingerprint density at radius 2 is 0.441 bits per heavy atom. The summed E-state index contributed by atoms with van der Waals surface area (Å²) < 4.78 is 144. The second kappa shape index (κ2) is 85.9. The maximum Gasteiger partial charge on any atom is 0.0865 e. The fraction of sp³-hybridized carbons (Fsp3) is 0.824. The summed E-state index contributed by atoms with van der Waals surface area (Å²) in [4.78, 5) is 5.21. The van der Waals surface area contributed by atoms with E-state index in [1.807, 2.05) is 60.7 Å². The number of benzene rings is 2. The molecule has 34 nitrogen and oxygen atoms in total. The van der Waals surface area contributed by atoms with Crippen molar-refractivity contribution in [3.05, 3.63) is 92.7 Å². The molecule has 2 rings (SSSR count). The summed E-state index contributed by atoms with van der Waals surface area (Å²) >= 11 is 0. The molecule has 2 aromatic rings. The van der Waals surface area contributed by atoms with E-state index < -0.39 is 12.2 Å². The highest BCUT2D eigenvalue weighted by Gasteiger charge is 2.09. The van der Waals surface area contributed by atoms with Crippen LogP contribution in [0.15, 0.2) is 70.9 Å². The third-order valence-corrected chi connectivity index (χ3v) is 12.6. The Kier molecular flexibility index (Phi) is 80.8. The predicted molar refractivity (Wildman–Crippen MR) is 372 cm³/mol. The monoisotopic (exact) mass is 1470 g/mol. The van der Waals surface area contributed by atoms with Gasteiger partial charge in [0, 0.05) is 9.82 Å². The highest BCUT2D eigenvalue weighted by atomic mass is 16.6. The molecule has 34 heteroatoms. The van der Waals surface area contributed by atoms with Crippen molar-refractivity contribution < 1.29 is 133 Å². The quantitative estimate of drug-likeness (QED) is 0.0406. The zero-order valence-corrected chi connectivity index (χ0v) is 60.3. The van der Waals surface area contributed by atoms with E-state index in [0.717, 1.165) is 11.1 Å². The molecule has 0 bridgehead atoms. The summed E-state index contributed by atoms with van der Waals surface area (Å²) in [5.41, 5.74) is 18.7. The van der Waals surface area contributed by atoms with E-state index in [9.17, 15) is 0 Å². The minimum Gasteiger partial charge on any atom is -0.394 e. The van der Waals surface area contributed by atoms with E-state index in [-0.39, 0.29) is 26.3 Å². The third-order valence-electron chi connectivity index (χ3n) is 12.6. The normalized spacial score (nSPS) is 11.9. The van der Waals surface area contributed by atoms with Crippen LogP contribution in [0.5, 0.6) is 0 Å². The maximum absolute atomic E-state index is 8.77. The van der Waals surface area contributed by atoms with Gasteiger partial charge in [0.1, 0.15) is 0 Å². The van der Waals surface area contributed by atoms with Crippen molar-refractivity contribution >= 4 is 0 Å². The fourth-order valence-electron chi connectivity index (χ4n) is 7.44. The van der Waals surface area contributed by atoms with Gasteiger partial charge in [0.15, 0.2) is 0 Å². The molecule has 0 spiro atoms. The van der Waals surface area contributed by atoms with Crippen LogP contribution >= 0.6 is 0 Å². The lowest BCUT2D eigenvalue weighted by Crippen LogP contribution is -2.26. The molecule has 0 aliphatic rings. The van der Waals surface area contributed by atoms with Gasteiger partial charge in [-0.25, -0.2) is 0 Å².